The topological polar surface area (TPSA) is 95.9 Å². The predicted molar refractivity (Wildman–Crippen MR) is 131 cm³/mol. The highest BCUT2D eigenvalue weighted by Gasteiger charge is 2.57. The van der Waals surface area contributed by atoms with Gasteiger partial charge in [0.15, 0.2) is 0 Å². The number of esters is 1. The second-order valence-corrected chi connectivity index (χ2v) is 9.36. The third kappa shape index (κ3) is 5.63. The maximum atomic E-state index is 13.7. The van der Waals surface area contributed by atoms with Gasteiger partial charge in [0.2, 0.25) is 11.8 Å². The number of likely N-dealkylation sites (tertiary alicyclic amines) is 1. The molecule has 0 radical (unpaired) electrons. The zero-order valence-corrected chi connectivity index (χ0v) is 20.7. The molecule has 0 unspecified atom stereocenters. The van der Waals surface area contributed by atoms with Crippen molar-refractivity contribution < 1.29 is 24.2 Å². The fraction of sp³-hybridized carbons (Fsp3) is 0.577. The van der Waals surface area contributed by atoms with E-state index in [0.29, 0.717) is 30.1 Å². The zero-order valence-electron chi connectivity index (χ0n) is 19.9. The van der Waals surface area contributed by atoms with E-state index in [0.717, 1.165) is 19.3 Å². The molecule has 1 aromatic rings. The van der Waals surface area contributed by atoms with Crippen LogP contribution in [0.2, 0.25) is 5.02 Å². The highest BCUT2D eigenvalue weighted by molar-refractivity contribution is 6.33. The minimum atomic E-state index is -0.751. The predicted octanol–water partition coefficient (Wildman–Crippen LogP) is 4.05. The molecule has 0 bridgehead atoms. The summed E-state index contributed by atoms with van der Waals surface area (Å²) in [5, 5.41) is 12.4. The maximum Gasteiger partial charge on any atom is 0.310 e. The number of fused-ring (bicyclic) bond motifs is 1. The lowest BCUT2D eigenvalue weighted by molar-refractivity contribution is -0.155. The van der Waals surface area contributed by atoms with Gasteiger partial charge in [-0.2, -0.15) is 0 Å². The number of rotatable bonds is 11. The molecule has 0 spiro atoms. The Morgan fingerprint density at radius 2 is 1.91 bits per heavy atom. The number of hydrogen-bond acceptors (Lipinski definition) is 5. The highest BCUT2D eigenvalue weighted by atomic mass is 35.5. The number of anilines is 1. The van der Waals surface area contributed by atoms with E-state index in [9.17, 15) is 14.4 Å². The normalized spacial score (nSPS) is 25.8. The van der Waals surface area contributed by atoms with Crippen LogP contribution in [0, 0.1) is 23.7 Å². The van der Waals surface area contributed by atoms with E-state index >= 15 is 0 Å². The van der Waals surface area contributed by atoms with Gasteiger partial charge in [-0.1, -0.05) is 49.2 Å². The van der Waals surface area contributed by atoms with E-state index in [1.54, 1.807) is 36.1 Å². The Morgan fingerprint density at radius 3 is 2.59 bits per heavy atom. The van der Waals surface area contributed by atoms with Gasteiger partial charge >= 0.3 is 5.97 Å². The summed E-state index contributed by atoms with van der Waals surface area (Å²) < 4.78 is 5.38. The molecule has 1 heterocycles. The molecule has 2 aliphatic rings. The van der Waals surface area contributed by atoms with Crippen molar-refractivity contribution in [1.29, 1.82) is 0 Å². The standard InChI is InChI=1S/C26H35ClN2O5/c1-3-10-17-13-14-18-22(21(17)26(33)34-4-2)25(32)29(15-8-5-9-16-30)23(18)24(31)28-20-12-7-6-11-19(20)27/h6-7,11-14,17-18,21-23,30H,3-5,8-10,15-16H2,1-2H3,(H,28,31)/t17-,18+,21-,22-,23+/m1/s1. The van der Waals surface area contributed by atoms with Gasteiger partial charge in [-0.25, -0.2) is 0 Å². The van der Waals surface area contributed by atoms with Crippen LogP contribution in [-0.4, -0.2) is 53.6 Å². The molecule has 34 heavy (non-hydrogen) atoms. The van der Waals surface area contributed by atoms with Gasteiger partial charge in [0.25, 0.3) is 0 Å². The van der Waals surface area contributed by atoms with Crippen LogP contribution in [-0.2, 0) is 19.1 Å². The zero-order chi connectivity index (χ0) is 24.7. The molecule has 1 aromatic carbocycles. The second kappa shape index (κ2) is 12.4. The molecule has 2 N–H and O–H groups in total. The number of para-hydroxylation sites is 1. The van der Waals surface area contributed by atoms with Gasteiger partial charge in [-0.3, -0.25) is 14.4 Å². The van der Waals surface area contributed by atoms with Crippen molar-refractivity contribution in [1.82, 2.24) is 4.90 Å². The van der Waals surface area contributed by atoms with Gasteiger partial charge in [-0.05, 0) is 50.7 Å². The number of benzene rings is 1. The van der Waals surface area contributed by atoms with Crippen molar-refractivity contribution >= 4 is 35.1 Å². The van der Waals surface area contributed by atoms with Gasteiger partial charge in [0, 0.05) is 19.1 Å². The lowest BCUT2D eigenvalue weighted by Crippen LogP contribution is -2.44. The van der Waals surface area contributed by atoms with E-state index in [1.165, 1.54) is 0 Å². The van der Waals surface area contributed by atoms with Crippen LogP contribution in [0.1, 0.15) is 46.0 Å². The Bertz CT molecular complexity index is 905. The SMILES string of the molecule is CCC[C@@H]1C=C[C@H]2[C@@H](C(=O)N(CCCCCO)[C@@H]2C(=O)Nc2ccccc2Cl)[C@@H]1C(=O)OCC. The number of halogens is 1. The minimum Gasteiger partial charge on any atom is -0.466 e. The van der Waals surface area contributed by atoms with Crippen LogP contribution in [0.5, 0.6) is 0 Å². The van der Waals surface area contributed by atoms with Crippen LogP contribution in [0.4, 0.5) is 5.69 Å². The smallest absolute Gasteiger partial charge is 0.310 e. The molecule has 0 aromatic heterocycles. The Labute approximate surface area is 206 Å². The average molecular weight is 491 g/mol. The number of carbonyl (C=O) groups excluding carboxylic acids is 3. The summed E-state index contributed by atoms with van der Waals surface area (Å²) in [6.07, 6.45) is 7.61. The Morgan fingerprint density at radius 1 is 1.15 bits per heavy atom. The number of hydrogen-bond donors (Lipinski definition) is 2. The average Bonchev–Trinajstić information content (AvgIpc) is 3.10. The summed E-state index contributed by atoms with van der Waals surface area (Å²) in [5.41, 5.74) is 0.482. The molecule has 1 aliphatic heterocycles. The number of aliphatic hydroxyl groups excluding tert-OH is 1. The summed E-state index contributed by atoms with van der Waals surface area (Å²) in [7, 11) is 0. The molecule has 3 rings (SSSR count). The third-order valence-electron chi connectivity index (χ3n) is 6.75. The molecule has 8 heteroatoms. The number of nitrogens with zero attached hydrogens (tertiary/aromatic N) is 1. The van der Waals surface area contributed by atoms with Crippen LogP contribution in [0.3, 0.4) is 0 Å². The molecule has 1 saturated heterocycles. The lowest BCUT2D eigenvalue weighted by atomic mass is 9.69. The van der Waals surface area contributed by atoms with E-state index in [1.807, 2.05) is 19.1 Å². The highest BCUT2D eigenvalue weighted by Crippen LogP contribution is 2.46. The number of nitrogens with one attached hydrogen (secondary N) is 1. The van der Waals surface area contributed by atoms with Crippen molar-refractivity contribution in [2.45, 2.75) is 52.0 Å². The first-order chi connectivity index (χ1) is 16.4. The van der Waals surface area contributed by atoms with E-state index in [2.05, 4.69) is 5.32 Å². The first-order valence-corrected chi connectivity index (χ1v) is 12.6. The summed E-state index contributed by atoms with van der Waals surface area (Å²) in [6, 6.07) is 6.22. The number of amides is 2. The van der Waals surface area contributed by atoms with Crippen molar-refractivity contribution in [2.75, 3.05) is 25.1 Å². The first-order valence-electron chi connectivity index (χ1n) is 12.3. The number of aliphatic hydroxyl groups is 1. The van der Waals surface area contributed by atoms with Crippen LogP contribution >= 0.6 is 11.6 Å². The van der Waals surface area contributed by atoms with Gasteiger partial charge < -0.3 is 20.1 Å². The van der Waals surface area contributed by atoms with E-state index < -0.39 is 23.8 Å². The first kappa shape index (κ1) is 26.2. The lowest BCUT2D eigenvalue weighted by Gasteiger charge is -2.33. The number of carbonyl (C=O) groups is 3. The van der Waals surface area contributed by atoms with Crippen LogP contribution in [0.15, 0.2) is 36.4 Å². The summed E-state index contributed by atoms with van der Waals surface area (Å²) in [4.78, 5) is 41.9. The number of ether oxygens (including phenoxy) is 1. The van der Waals surface area contributed by atoms with Crippen LogP contribution in [0.25, 0.3) is 0 Å². The number of unbranched alkanes of at least 4 members (excludes halogenated alkanes) is 2. The molecule has 1 aliphatic carbocycles. The van der Waals surface area contributed by atoms with Gasteiger partial charge in [0.1, 0.15) is 6.04 Å². The third-order valence-corrected chi connectivity index (χ3v) is 7.08. The largest absolute Gasteiger partial charge is 0.466 e. The van der Waals surface area contributed by atoms with Crippen molar-refractivity contribution in [3.63, 3.8) is 0 Å². The Hall–Kier alpha value is -2.38. The van der Waals surface area contributed by atoms with E-state index in [-0.39, 0.29) is 36.9 Å². The fourth-order valence-electron chi connectivity index (χ4n) is 5.25. The Kier molecular flexibility index (Phi) is 9.54. The van der Waals surface area contributed by atoms with Gasteiger partial charge in [-0.15, -0.1) is 0 Å². The molecule has 0 saturated carbocycles. The Balaban J connectivity index is 1.94. The second-order valence-electron chi connectivity index (χ2n) is 8.95. The monoisotopic (exact) mass is 490 g/mol. The molecular weight excluding hydrogens is 456 g/mol. The number of allylic oxidation sites excluding steroid dienone is 1. The summed E-state index contributed by atoms with van der Waals surface area (Å²) in [6.45, 7) is 4.51. The maximum absolute atomic E-state index is 13.7. The minimum absolute atomic E-state index is 0.0853. The summed E-state index contributed by atoms with van der Waals surface area (Å²) in [5.74, 6) is -2.66. The molecule has 5 atom stereocenters. The molecule has 2 amide bonds. The molecule has 1 fully saturated rings. The van der Waals surface area contributed by atoms with Crippen molar-refractivity contribution in [3.05, 3.63) is 41.4 Å². The fourth-order valence-corrected chi connectivity index (χ4v) is 5.43. The summed E-state index contributed by atoms with van der Waals surface area (Å²) >= 11 is 6.26. The van der Waals surface area contributed by atoms with Gasteiger partial charge in [0.05, 0.1) is 29.2 Å². The molecule has 186 valence electrons. The quantitative estimate of drug-likeness (QED) is 0.277. The molecular formula is C26H35ClN2O5. The van der Waals surface area contributed by atoms with Crippen molar-refractivity contribution in [3.8, 4) is 0 Å². The van der Waals surface area contributed by atoms with Crippen LogP contribution < -0.4 is 5.32 Å². The molecule has 7 nitrogen and oxygen atoms in total. The van der Waals surface area contributed by atoms with E-state index in [4.69, 9.17) is 21.4 Å². The van der Waals surface area contributed by atoms with Crippen molar-refractivity contribution in [2.24, 2.45) is 23.7 Å².